The molecule has 0 spiro atoms. The summed E-state index contributed by atoms with van der Waals surface area (Å²) in [6.45, 7) is 1.83. The highest BCUT2D eigenvalue weighted by Gasteiger charge is 2.23. The van der Waals surface area contributed by atoms with Gasteiger partial charge < -0.3 is 20.5 Å². The lowest BCUT2D eigenvalue weighted by Crippen LogP contribution is -2.45. The van der Waals surface area contributed by atoms with Gasteiger partial charge >= 0.3 is 0 Å². The van der Waals surface area contributed by atoms with Gasteiger partial charge in [0.25, 0.3) is 0 Å². The number of rotatable bonds is 3. The highest BCUT2D eigenvalue weighted by molar-refractivity contribution is 7.80. The van der Waals surface area contributed by atoms with Crippen LogP contribution in [0.25, 0.3) is 10.9 Å². The van der Waals surface area contributed by atoms with Gasteiger partial charge in [-0.05, 0) is 12.1 Å². The number of nitrogens with zero attached hydrogens (tertiary/aromatic N) is 2. The van der Waals surface area contributed by atoms with Gasteiger partial charge in [0.1, 0.15) is 10.8 Å². The quantitative estimate of drug-likeness (QED) is 0.826. The minimum atomic E-state index is -0.203. The zero-order chi connectivity index (χ0) is 14.8. The Balaban J connectivity index is 2.07. The number of ether oxygens (including phenoxy) is 1. The number of aromatic nitrogens is 1. The molecular weight excluding hydrogens is 286 g/mol. The molecule has 110 valence electrons. The Labute approximate surface area is 128 Å². The second-order valence-corrected chi connectivity index (χ2v) is 5.48. The fraction of sp³-hybridized carbons (Fsp3) is 0.333. The molecule has 0 saturated carbocycles. The Morgan fingerprint density at radius 1 is 1.48 bits per heavy atom. The van der Waals surface area contributed by atoms with E-state index in [0.717, 1.165) is 22.3 Å². The maximum Gasteiger partial charge on any atom is 0.139 e. The maximum absolute atomic E-state index is 9.28. The standard InChI is InChI=1S/C15H17N3O2S/c16-14(21)12-7-10-3-1-2-4-13(10)17-15(12)18-5-6-20-11(8-18)9-19/h1-4,7,11,19H,5-6,8-9H2,(H2,16,21). The van der Waals surface area contributed by atoms with E-state index in [1.165, 1.54) is 0 Å². The van der Waals surface area contributed by atoms with Gasteiger partial charge in [-0.3, -0.25) is 0 Å². The van der Waals surface area contributed by atoms with Crippen LogP contribution < -0.4 is 10.6 Å². The van der Waals surface area contributed by atoms with Crippen molar-refractivity contribution in [3.63, 3.8) is 0 Å². The summed E-state index contributed by atoms with van der Waals surface area (Å²) in [6.07, 6.45) is -0.203. The van der Waals surface area contributed by atoms with Crippen LogP contribution in [0.15, 0.2) is 30.3 Å². The van der Waals surface area contributed by atoms with E-state index >= 15 is 0 Å². The van der Waals surface area contributed by atoms with Crippen molar-refractivity contribution < 1.29 is 9.84 Å². The molecular formula is C15H17N3O2S. The van der Waals surface area contributed by atoms with Crippen LogP contribution in [0, 0.1) is 0 Å². The molecule has 5 nitrogen and oxygen atoms in total. The van der Waals surface area contributed by atoms with Crippen molar-refractivity contribution in [3.05, 3.63) is 35.9 Å². The fourth-order valence-corrected chi connectivity index (χ4v) is 2.70. The number of pyridine rings is 1. The van der Waals surface area contributed by atoms with Gasteiger partial charge in [0, 0.05) is 18.5 Å². The smallest absolute Gasteiger partial charge is 0.139 e. The molecule has 1 unspecified atom stereocenters. The lowest BCUT2D eigenvalue weighted by atomic mass is 10.1. The number of aliphatic hydroxyl groups is 1. The minimum Gasteiger partial charge on any atom is -0.394 e. The highest BCUT2D eigenvalue weighted by atomic mass is 32.1. The third-order valence-corrected chi connectivity index (χ3v) is 3.83. The first-order valence-electron chi connectivity index (χ1n) is 6.86. The van der Waals surface area contributed by atoms with Crippen LogP contribution in [0.3, 0.4) is 0 Å². The number of morpholine rings is 1. The molecule has 0 bridgehead atoms. The summed E-state index contributed by atoms with van der Waals surface area (Å²) in [6, 6.07) is 9.85. The van der Waals surface area contributed by atoms with E-state index in [2.05, 4.69) is 4.90 Å². The number of anilines is 1. The molecule has 1 aliphatic heterocycles. The molecule has 0 amide bonds. The molecule has 3 N–H and O–H groups in total. The number of fused-ring (bicyclic) bond motifs is 1. The summed E-state index contributed by atoms with van der Waals surface area (Å²) in [4.78, 5) is 7.11. The number of aliphatic hydroxyl groups excluding tert-OH is 1. The first-order valence-corrected chi connectivity index (χ1v) is 7.27. The third kappa shape index (κ3) is 2.83. The second-order valence-electron chi connectivity index (χ2n) is 5.04. The van der Waals surface area contributed by atoms with Crippen LogP contribution in [-0.2, 0) is 4.74 Å². The summed E-state index contributed by atoms with van der Waals surface area (Å²) in [5.41, 5.74) is 7.53. The monoisotopic (exact) mass is 303 g/mol. The van der Waals surface area contributed by atoms with E-state index in [-0.39, 0.29) is 12.7 Å². The predicted octanol–water partition coefficient (Wildman–Crippen LogP) is 1.07. The molecule has 0 radical (unpaired) electrons. The third-order valence-electron chi connectivity index (χ3n) is 3.61. The first kappa shape index (κ1) is 14.2. The molecule has 1 aromatic heterocycles. The van der Waals surface area contributed by atoms with Gasteiger partial charge in [-0.2, -0.15) is 0 Å². The second kappa shape index (κ2) is 5.93. The molecule has 2 aromatic rings. The number of benzene rings is 1. The van der Waals surface area contributed by atoms with Crippen molar-refractivity contribution in [1.29, 1.82) is 0 Å². The molecule has 21 heavy (non-hydrogen) atoms. The van der Waals surface area contributed by atoms with Crippen molar-refractivity contribution in [2.75, 3.05) is 31.2 Å². The lowest BCUT2D eigenvalue weighted by molar-refractivity contribution is 0.00337. The Bertz CT molecular complexity index is 677. The molecule has 1 fully saturated rings. The molecule has 2 heterocycles. The van der Waals surface area contributed by atoms with Crippen molar-refractivity contribution in [1.82, 2.24) is 4.98 Å². The molecule has 1 aliphatic rings. The van der Waals surface area contributed by atoms with E-state index in [0.29, 0.717) is 24.7 Å². The number of thiocarbonyl (C=S) groups is 1. The molecule has 6 heteroatoms. The van der Waals surface area contributed by atoms with E-state index < -0.39 is 0 Å². The van der Waals surface area contributed by atoms with Crippen LogP contribution in [0.5, 0.6) is 0 Å². The number of hydrogen-bond acceptors (Lipinski definition) is 5. The van der Waals surface area contributed by atoms with Crippen LogP contribution in [-0.4, -0.2) is 47.5 Å². The first-order chi connectivity index (χ1) is 10.2. The average Bonchev–Trinajstić information content (AvgIpc) is 2.53. The zero-order valence-electron chi connectivity index (χ0n) is 11.5. The Morgan fingerprint density at radius 3 is 3.05 bits per heavy atom. The van der Waals surface area contributed by atoms with E-state index in [4.69, 9.17) is 27.7 Å². The van der Waals surface area contributed by atoms with Gasteiger partial charge in [-0.25, -0.2) is 4.98 Å². The number of hydrogen-bond donors (Lipinski definition) is 2. The summed E-state index contributed by atoms with van der Waals surface area (Å²) in [7, 11) is 0. The van der Waals surface area contributed by atoms with Crippen molar-refractivity contribution >= 4 is 33.9 Å². The summed E-state index contributed by atoms with van der Waals surface area (Å²) in [5.74, 6) is 0.767. The summed E-state index contributed by atoms with van der Waals surface area (Å²) >= 11 is 5.17. The number of nitrogens with two attached hydrogens (primary N) is 1. The van der Waals surface area contributed by atoms with Crippen LogP contribution in [0.1, 0.15) is 5.56 Å². The molecule has 0 aliphatic carbocycles. The van der Waals surface area contributed by atoms with Gasteiger partial charge in [0.05, 0.1) is 30.4 Å². The summed E-state index contributed by atoms with van der Waals surface area (Å²) < 4.78 is 5.48. The summed E-state index contributed by atoms with van der Waals surface area (Å²) in [5, 5.41) is 10.3. The zero-order valence-corrected chi connectivity index (χ0v) is 12.3. The van der Waals surface area contributed by atoms with E-state index in [1.807, 2.05) is 30.3 Å². The van der Waals surface area contributed by atoms with Crippen molar-refractivity contribution in [2.45, 2.75) is 6.10 Å². The van der Waals surface area contributed by atoms with Gasteiger partial charge in [0.15, 0.2) is 0 Å². The Kier molecular flexibility index (Phi) is 4.01. The van der Waals surface area contributed by atoms with Gasteiger partial charge in [-0.15, -0.1) is 0 Å². The predicted molar refractivity (Wildman–Crippen MR) is 86.7 cm³/mol. The minimum absolute atomic E-state index is 0.00745. The fourth-order valence-electron chi connectivity index (χ4n) is 2.55. The van der Waals surface area contributed by atoms with Crippen molar-refractivity contribution in [2.24, 2.45) is 5.73 Å². The molecule has 3 rings (SSSR count). The normalized spacial score (nSPS) is 18.9. The molecule has 1 atom stereocenters. The molecule has 1 aromatic carbocycles. The topological polar surface area (TPSA) is 71.6 Å². The van der Waals surface area contributed by atoms with Crippen LogP contribution in [0.4, 0.5) is 5.82 Å². The van der Waals surface area contributed by atoms with E-state index in [9.17, 15) is 5.11 Å². The highest BCUT2D eigenvalue weighted by Crippen LogP contribution is 2.25. The largest absolute Gasteiger partial charge is 0.394 e. The van der Waals surface area contributed by atoms with Crippen LogP contribution >= 0.6 is 12.2 Å². The Hall–Kier alpha value is -1.76. The Morgan fingerprint density at radius 2 is 2.29 bits per heavy atom. The number of para-hydroxylation sites is 1. The van der Waals surface area contributed by atoms with Crippen LogP contribution in [0.2, 0.25) is 0 Å². The lowest BCUT2D eigenvalue weighted by Gasteiger charge is -2.34. The molecule has 1 saturated heterocycles. The SMILES string of the molecule is NC(=S)c1cc2ccccc2nc1N1CCOC(CO)C1. The van der Waals surface area contributed by atoms with E-state index in [1.54, 1.807) is 0 Å². The maximum atomic E-state index is 9.28. The van der Waals surface area contributed by atoms with Gasteiger partial charge in [-0.1, -0.05) is 30.4 Å². The average molecular weight is 303 g/mol. The van der Waals surface area contributed by atoms with Gasteiger partial charge in [0.2, 0.25) is 0 Å². The van der Waals surface area contributed by atoms with Crippen molar-refractivity contribution in [3.8, 4) is 0 Å².